The minimum absolute atomic E-state index is 0.0336. The molecule has 1 rings (SSSR count). The van der Waals surface area contributed by atoms with Crippen molar-refractivity contribution in [1.29, 1.82) is 0 Å². The van der Waals surface area contributed by atoms with Gasteiger partial charge in [-0.2, -0.15) is 0 Å². The molecule has 1 unspecified atom stereocenters. The normalized spacial score (nSPS) is 16.3. The largest absolute Gasteiger partial charge is 0.347 e. The van der Waals surface area contributed by atoms with E-state index in [2.05, 4.69) is 5.32 Å². The number of rotatable bonds is 7. The number of amides is 3. The topological polar surface area (TPSA) is 98.7 Å². The van der Waals surface area contributed by atoms with E-state index < -0.39 is 11.8 Å². The monoisotopic (exact) mass is 313 g/mol. The number of hydroxylamine groups is 1. The third-order valence-corrected chi connectivity index (χ3v) is 3.81. The molecule has 0 spiro atoms. The molecule has 0 radical (unpaired) electrons. The molecular formula is C15H27N3O4. The maximum atomic E-state index is 12.2. The summed E-state index contributed by atoms with van der Waals surface area (Å²) in [6.07, 6.45) is 3.59. The van der Waals surface area contributed by atoms with E-state index in [0.29, 0.717) is 6.42 Å². The van der Waals surface area contributed by atoms with Crippen molar-refractivity contribution >= 4 is 17.7 Å². The Bertz CT molecular complexity index is 392. The number of likely N-dealkylation sites (tertiary alicyclic amines) is 1. The fourth-order valence-electron chi connectivity index (χ4n) is 2.68. The number of hydrogen-bond acceptors (Lipinski definition) is 4. The van der Waals surface area contributed by atoms with E-state index in [1.54, 1.807) is 10.4 Å². The highest BCUT2D eigenvalue weighted by Crippen LogP contribution is 2.16. The molecule has 22 heavy (non-hydrogen) atoms. The SMILES string of the molecule is CC(C)CC(CC(=O)NO)C(=O)NCC(=O)N1CCCCC1. The molecule has 7 heteroatoms. The van der Waals surface area contributed by atoms with Gasteiger partial charge in [0.2, 0.25) is 17.7 Å². The summed E-state index contributed by atoms with van der Waals surface area (Å²) in [4.78, 5) is 37.2. The van der Waals surface area contributed by atoms with E-state index in [1.807, 2.05) is 13.8 Å². The van der Waals surface area contributed by atoms with E-state index >= 15 is 0 Å². The van der Waals surface area contributed by atoms with E-state index in [9.17, 15) is 14.4 Å². The summed E-state index contributed by atoms with van der Waals surface area (Å²) in [5.41, 5.74) is 1.55. The van der Waals surface area contributed by atoms with Crippen LogP contribution in [0.4, 0.5) is 0 Å². The maximum Gasteiger partial charge on any atom is 0.244 e. The lowest BCUT2D eigenvalue weighted by molar-refractivity contribution is -0.137. The van der Waals surface area contributed by atoms with Gasteiger partial charge in [-0.15, -0.1) is 0 Å². The highest BCUT2D eigenvalue weighted by Gasteiger charge is 2.24. The van der Waals surface area contributed by atoms with Crippen LogP contribution >= 0.6 is 0 Å². The second-order valence-electron chi connectivity index (χ2n) is 6.22. The highest BCUT2D eigenvalue weighted by molar-refractivity contribution is 5.88. The smallest absolute Gasteiger partial charge is 0.244 e. The molecule has 0 aromatic carbocycles. The number of piperidine rings is 1. The fourth-order valence-corrected chi connectivity index (χ4v) is 2.68. The number of carbonyl (C=O) groups excluding carboxylic acids is 3. The first kappa shape index (κ1) is 18.4. The Kier molecular flexibility index (Phi) is 7.87. The molecule has 1 fully saturated rings. The summed E-state index contributed by atoms with van der Waals surface area (Å²) in [7, 11) is 0. The van der Waals surface area contributed by atoms with Gasteiger partial charge < -0.3 is 10.2 Å². The molecule has 0 bridgehead atoms. The Labute approximate surface area is 131 Å². The van der Waals surface area contributed by atoms with Crippen molar-refractivity contribution in [3.8, 4) is 0 Å². The van der Waals surface area contributed by atoms with Gasteiger partial charge in [-0.1, -0.05) is 13.8 Å². The van der Waals surface area contributed by atoms with Crippen molar-refractivity contribution in [3.05, 3.63) is 0 Å². The first-order chi connectivity index (χ1) is 10.4. The van der Waals surface area contributed by atoms with Crippen LogP contribution in [-0.4, -0.2) is 47.5 Å². The maximum absolute atomic E-state index is 12.2. The van der Waals surface area contributed by atoms with E-state index in [4.69, 9.17) is 5.21 Å². The number of hydrogen-bond donors (Lipinski definition) is 3. The van der Waals surface area contributed by atoms with Gasteiger partial charge in [-0.3, -0.25) is 19.6 Å². The number of carbonyl (C=O) groups is 3. The summed E-state index contributed by atoms with van der Waals surface area (Å²) in [6, 6.07) is 0. The molecule has 7 nitrogen and oxygen atoms in total. The molecule has 1 heterocycles. The number of nitrogens with one attached hydrogen (secondary N) is 2. The highest BCUT2D eigenvalue weighted by atomic mass is 16.5. The van der Waals surface area contributed by atoms with Gasteiger partial charge in [0.15, 0.2) is 0 Å². The predicted molar refractivity (Wildman–Crippen MR) is 80.9 cm³/mol. The Morgan fingerprint density at radius 3 is 2.32 bits per heavy atom. The Balaban J connectivity index is 2.47. The first-order valence-corrected chi connectivity index (χ1v) is 7.92. The molecule has 1 atom stereocenters. The Hall–Kier alpha value is -1.63. The van der Waals surface area contributed by atoms with Gasteiger partial charge in [0, 0.05) is 25.4 Å². The van der Waals surface area contributed by atoms with E-state index in [0.717, 1.165) is 32.4 Å². The van der Waals surface area contributed by atoms with Gasteiger partial charge in [-0.05, 0) is 31.6 Å². The minimum Gasteiger partial charge on any atom is -0.347 e. The van der Waals surface area contributed by atoms with Crippen LogP contribution in [0.5, 0.6) is 0 Å². The molecule has 0 aliphatic carbocycles. The van der Waals surface area contributed by atoms with Crippen LogP contribution in [0.1, 0.15) is 46.0 Å². The Morgan fingerprint density at radius 1 is 1.14 bits per heavy atom. The molecule has 1 saturated heterocycles. The second kappa shape index (κ2) is 9.40. The lowest BCUT2D eigenvalue weighted by atomic mass is 9.93. The minimum atomic E-state index is -0.594. The van der Waals surface area contributed by atoms with E-state index in [-0.39, 0.29) is 30.7 Å². The average Bonchev–Trinajstić information content (AvgIpc) is 2.51. The van der Waals surface area contributed by atoms with E-state index in [1.165, 1.54) is 0 Å². The average molecular weight is 313 g/mol. The van der Waals surface area contributed by atoms with Gasteiger partial charge in [0.05, 0.1) is 6.54 Å². The van der Waals surface area contributed by atoms with Crippen LogP contribution in [0.15, 0.2) is 0 Å². The summed E-state index contributed by atoms with van der Waals surface area (Å²) < 4.78 is 0. The van der Waals surface area contributed by atoms with Crippen LogP contribution in [0, 0.1) is 11.8 Å². The molecule has 0 saturated carbocycles. The molecule has 0 aromatic heterocycles. The van der Waals surface area contributed by atoms with Crippen LogP contribution in [0.3, 0.4) is 0 Å². The zero-order valence-electron chi connectivity index (χ0n) is 13.4. The summed E-state index contributed by atoms with van der Waals surface area (Å²) in [5, 5.41) is 11.2. The quantitative estimate of drug-likeness (QED) is 0.475. The number of nitrogens with zero attached hydrogens (tertiary/aromatic N) is 1. The van der Waals surface area contributed by atoms with Gasteiger partial charge in [0.25, 0.3) is 0 Å². The van der Waals surface area contributed by atoms with Crippen LogP contribution in [-0.2, 0) is 14.4 Å². The standard InChI is InChI=1S/C15H27N3O4/c1-11(2)8-12(9-13(19)17-22)15(21)16-10-14(20)18-6-4-3-5-7-18/h11-12,22H,3-10H2,1-2H3,(H,16,21)(H,17,19). The van der Waals surface area contributed by atoms with Gasteiger partial charge >= 0.3 is 0 Å². The van der Waals surface area contributed by atoms with Gasteiger partial charge in [0.1, 0.15) is 0 Å². The van der Waals surface area contributed by atoms with Crippen LogP contribution in [0.25, 0.3) is 0 Å². The third kappa shape index (κ3) is 6.43. The second-order valence-corrected chi connectivity index (χ2v) is 6.22. The molecule has 0 aromatic rings. The van der Waals surface area contributed by atoms with Crippen molar-refractivity contribution in [2.24, 2.45) is 11.8 Å². The van der Waals surface area contributed by atoms with Crippen LogP contribution < -0.4 is 10.8 Å². The molecule has 3 N–H and O–H groups in total. The van der Waals surface area contributed by atoms with Crippen molar-refractivity contribution in [2.75, 3.05) is 19.6 Å². The summed E-state index contributed by atoms with van der Waals surface area (Å²) in [6.45, 7) is 5.37. The zero-order valence-corrected chi connectivity index (χ0v) is 13.4. The lowest BCUT2D eigenvalue weighted by Crippen LogP contribution is -2.44. The molecule has 1 aliphatic rings. The van der Waals surface area contributed by atoms with Crippen molar-refractivity contribution in [1.82, 2.24) is 15.7 Å². The van der Waals surface area contributed by atoms with Crippen molar-refractivity contribution < 1.29 is 19.6 Å². The summed E-state index contributed by atoms with van der Waals surface area (Å²) in [5.74, 6) is -1.30. The first-order valence-electron chi connectivity index (χ1n) is 7.92. The van der Waals surface area contributed by atoms with Gasteiger partial charge in [-0.25, -0.2) is 5.48 Å². The Morgan fingerprint density at radius 2 is 1.77 bits per heavy atom. The lowest BCUT2D eigenvalue weighted by Gasteiger charge is -2.27. The molecule has 126 valence electrons. The zero-order chi connectivity index (χ0) is 16.5. The predicted octanol–water partition coefficient (Wildman–Crippen LogP) is 0.673. The molecular weight excluding hydrogens is 286 g/mol. The van der Waals surface area contributed by atoms with Crippen LogP contribution in [0.2, 0.25) is 0 Å². The van der Waals surface area contributed by atoms with Crippen molar-refractivity contribution in [2.45, 2.75) is 46.0 Å². The van der Waals surface area contributed by atoms with Crippen molar-refractivity contribution in [3.63, 3.8) is 0 Å². The third-order valence-electron chi connectivity index (χ3n) is 3.81. The summed E-state index contributed by atoms with van der Waals surface area (Å²) >= 11 is 0. The fraction of sp³-hybridized carbons (Fsp3) is 0.800. The molecule has 1 aliphatic heterocycles. The molecule has 3 amide bonds.